The van der Waals surface area contributed by atoms with Crippen molar-refractivity contribution < 1.29 is 14.7 Å². The van der Waals surface area contributed by atoms with Crippen LogP contribution >= 0.6 is 0 Å². The molecule has 5 nitrogen and oxygen atoms in total. The van der Waals surface area contributed by atoms with Gasteiger partial charge in [-0.1, -0.05) is 6.07 Å². The van der Waals surface area contributed by atoms with Crippen LogP contribution in [0.4, 0.5) is 0 Å². The lowest BCUT2D eigenvalue weighted by atomic mass is 9.88. The summed E-state index contributed by atoms with van der Waals surface area (Å²) in [6.45, 7) is 2.14. The lowest BCUT2D eigenvalue weighted by Gasteiger charge is -2.41. The number of hydrogen-bond acceptors (Lipinski definition) is 3. The van der Waals surface area contributed by atoms with Gasteiger partial charge in [-0.15, -0.1) is 0 Å². The van der Waals surface area contributed by atoms with Crippen LogP contribution in [-0.2, 0) is 16.0 Å². The number of likely N-dealkylation sites (tertiary alicyclic amines) is 1. The average Bonchev–Trinajstić information content (AvgIpc) is 2.40. The summed E-state index contributed by atoms with van der Waals surface area (Å²) in [6, 6.07) is 5.39. The molecule has 1 unspecified atom stereocenters. The fourth-order valence-corrected chi connectivity index (χ4v) is 2.50. The molecule has 0 bridgehead atoms. The molecule has 1 saturated heterocycles. The van der Waals surface area contributed by atoms with Gasteiger partial charge in [-0.3, -0.25) is 9.78 Å². The van der Waals surface area contributed by atoms with Gasteiger partial charge in [0.2, 0.25) is 5.91 Å². The Bertz CT molecular complexity index is 475. The predicted molar refractivity (Wildman–Crippen MR) is 69.5 cm³/mol. The van der Waals surface area contributed by atoms with E-state index in [4.69, 9.17) is 0 Å². The third-order valence-electron chi connectivity index (χ3n) is 3.71. The summed E-state index contributed by atoms with van der Waals surface area (Å²) in [7, 11) is 0. The largest absolute Gasteiger partial charge is 0.480 e. The molecule has 0 aliphatic carbocycles. The van der Waals surface area contributed by atoms with Crippen molar-refractivity contribution in [2.24, 2.45) is 0 Å². The maximum atomic E-state index is 12.3. The molecule has 2 heterocycles. The Labute approximate surface area is 112 Å². The van der Waals surface area contributed by atoms with Crippen molar-refractivity contribution in [1.82, 2.24) is 9.88 Å². The van der Waals surface area contributed by atoms with Gasteiger partial charge in [-0.2, -0.15) is 0 Å². The molecule has 0 saturated carbocycles. The van der Waals surface area contributed by atoms with Crippen molar-refractivity contribution in [3.05, 3.63) is 30.1 Å². The summed E-state index contributed by atoms with van der Waals surface area (Å²) in [5.74, 6) is -1.09. The van der Waals surface area contributed by atoms with Crippen molar-refractivity contribution in [2.75, 3.05) is 6.54 Å². The van der Waals surface area contributed by atoms with Gasteiger partial charge in [-0.05, 0) is 38.3 Å². The molecule has 1 fully saturated rings. The number of carboxylic acid groups (broad SMARTS) is 1. The molecule has 0 aromatic carbocycles. The van der Waals surface area contributed by atoms with Gasteiger partial charge in [-0.25, -0.2) is 4.79 Å². The standard InChI is InChI=1S/C14H18N2O3/c1-14(13(18)19)7-3-5-9-16(14)12(17)10-11-6-2-4-8-15-11/h2,4,6,8H,3,5,7,9-10H2,1H3,(H,18,19). The first kappa shape index (κ1) is 13.5. The molecule has 19 heavy (non-hydrogen) atoms. The average molecular weight is 262 g/mol. The molecule has 2 rings (SSSR count). The van der Waals surface area contributed by atoms with E-state index in [1.54, 1.807) is 25.3 Å². The molecule has 1 amide bonds. The number of aliphatic carboxylic acids is 1. The first-order chi connectivity index (χ1) is 9.04. The van der Waals surface area contributed by atoms with E-state index in [9.17, 15) is 14.7 Å². The zero-order valence-corrected chi connectivity index (χ0v) is 11.0. The highest BCUT2D eigenvalue weighted by Gasteiger charge is 2.43. The number of amides is 1. The molecule has 1 N–H and O–H groups in total. The Morgan fingerprint density at radius 1 is 1.42 bits per heavy atom. The van der Waals surface area contributed by atoms with Gasteiger partial charge in [0, 0.05) is 18.4 Å². The number of piperidine rings is 1. The van der Waals surface area contributed by atoms with Crippen LogP contribution in [0.3, 0.4) is 0 Å². The SMILES string of the molecule is CC1(C(=O)O)CCCCN1C(=O)Cc1ccccn1. The first-order valence-corrected chi connectivity index (χ1v) is 6.48. The van der Waals surface area contributed by atoms with Crippen molar-refractivity contribution in [3.63, 3.8) is 0 Å². The number of carboxylic acids is 1. The Morgan fingerprint density at radius 3 is 2.84 bits per heavy atom. The smallest absolute Gasteiger partial charge is 0.329 e. The van der Waals surface area contributed by atoms with Crippen LogP contribution in [-0.4, -0.2) is 39.0 Å². The molecule has 102 valence electrons. The van der Waals surface area contributed by atoms with Crippen molar-refractivity contribution in [3.8, 4) is 0 Å². The van der Waals surface area contributed by atoms with E-state index >= 15 is 0 Å². The Hall–Kier alpha value is -1.91. The second-order valence-electron chi connectivity index (χ2n) is 5.08. The highest BCUT2D eigenvalue weighted by molar-refractivity contribution is 5.87. The normalized spacial score (nSPS) is 23.1. The predicted octanol–water partition coefficient (Wildman–Crippen LogP) is 1.48. The molecule has 1 aliphatic rings. The van der Waals surface area contributed by atoms with E-state index in [1.165, 1.54) is 4.90 Å². The number of nitrogens with zero attached hydrogens (tertiary/aromatic N) is 2. The Morgan fingerprint density at radius 2 is 2.21 bits per heavy atom. The van der Waals surface area contributed by atoms with Gasteiger partial charge in [0.25, 0.3) is 0 Å². The topological polar surface area (TPSA) is 70.5 Å². The molecule has 0 radical (unpaired) electrons. The number of pyridine rings is 1. The second kappa shape index (κ2) is 5.38. The number of carbonyl (C=O) groups excluding carboxylic acids is 1. The number of rotatable bonds is 3. The minimum absolute atomic E-state index is 0.156. The van der Waals surface area contributed by atoms with E-state index < -0.39 is 11.5 Å². The third-order valence-corrected chi connectivity index (χ3v) is 3.71. The monoisotopic (exact) mass is 262 g/mol. The maximum Gasteiger partial charge on any atom is 0.329 e. The lowest BCUT2D eigenvalue weighted by Crippen LogP contribution is -2.57. The van der Waals surface area contributed by atoms with E-state index in [1.807, 2.05) is 6.07 Å². The highest BCUT2D eigenvalue weighted by Crippen LogP contribution is 2.28. The molecular weight excluding hydrogens is 244 g/mol. The summed E-state index contributed by atoms with van der Waals surface area (Å²) >= 11 is 0. The van der Waals surface area contributed by atoms with E-state index in [2.05, 4.69) is 4.98 Å². The van der Waals surface area contributed by atoms with Gasteiger partial charge >= 0.3 is 5.97 Å². The van der Waals surface area contributed by atoms with Gasteiger partial charge in [0.05, 0.1) is 6.42 Å². The van der Waals surface area contributed by atoms with Crippen LogP contribution < -0.4 is 0 Å². The summed E-state index contributed by atoms with van der Waals surface area (Å²) in [5, 5.41) is 9.37. The van der Waals surface area contributed by atoms with Crippen LogP contribution in [0.2, 0.25) is 0 Å². The molecular formula is C14H18N2O3. The van der Waals surface area contributed by atoms with Gasteiger partial charge in [0.1, 0.15) is 5.54 Å². The maximum absolute atomic E-state index is 12.3. The minimum Gasteiger partial charge on any atom is -0.480 e. The van der Waals surface area contributed by atoms with Crippen LogP contribution in [0.1, 0.15) is 31.9 Å². The van der Waals surface area contributed by atoms with E-state index in [0.717, 1.165) is 12.8 Å². The van der Waals surface area contributed by atoms with Crippen LogP contribution in [0.15, 0.2) is 24.4 Å². The second-order valence-corrected chi connectivity index (χ2v) is 5.08. The van der Waals surface area contributed by atoms with E-state index in [-0.39, 0.29) is 12.3 Å². The number of hydrogen-bond donors (Lipinski definition) is 1. The highest BCUT2D eigenvalue weighted by atomic mass is 16.4. The third kappa shape index (κ3) is 2.75. The fraction of sp³-hybridized carbons (Fsp3) is 0.500. The molecule has 0 spiro atoms. The van der Waals surface area contributed by atoms with Crippen LogP contribution in [0, 0.1) is 0 Å². The summed E-state index contributed by atoms with van der Waals surface area (Å²) in [4.78, 5) is 29.3. The van der Waals surface area contributed by atoms with E-state index in [0.29, 0.717) is 18.7 Å². The Balaban J connectivity index is 2.14. The Kier molecular flexibility index (Phi) is 3.83. The lowest BCUT2D eigenvalue weighted by molar-refractivity contribution is -0.160. The molecule has 5 heteroatoms. The zero-order valence-electron chi connectivity index (χ0n) is 11.0. The first-order valence-electron chi connectivity index (χ1n) is 6.48. The summed E-state index contributed by atoms with van der Waals surface area (Å²) in [6.07, 6.45) is 4.00. The quantitative estimate of drug-likeness (QED) is 0.895. The molecule has 1 aliphatic heterocycles. The van der Waals surface area contributed by atoms with Crippen LogP contribution in [0.5, 0.6) is 0 Å². The fourth-order valence-electron chi connectivity index (χ4n) is 2.50. The molecule has 1 atom stereocenters. The van der Waals surface area contributed by atoms with Crippen LogP contribution in [0.25, 0.3) is 0 Å². The minimum atomic E-state index is -1.08. The molecule has 1 aromatic heterocycles. The van der Waals surface area contributed by atoms with Crippen molar-refractivity contribution >= 4 is 11.9 Å². The number of aromatic nitrogens is 1. The van der Waals surface area contributed by atoms with Gasteiger partial charge < -0.3 is 10.0 Å². The zero-order chi connectivity index (χ0) is 13.9. The van der Waals surface area contributed by atoms with Gasteiger partial charge in [0.15, 0.2) is 0 Å². The summed E-state index contributed by atoms with van der Waals surface area (Å²) in [5.41, 5.74) is -0.407. The summed E-state index contributed by atoms with van der Waals surface area (Å²) < 4.78 is 0. The van der Waals surface area contributed by atoms with Crippen molar-refractivity contribution in [1.29, 1.82) is 0 Å². The van der Waals surface area contributed by atoms with Crippen molar-refractivity contribution in [2.45, 2.75) is 38.1 Å². The molecule has 1 aromatic rings. The number of carbonyl (C=O) groups is 2.